The molecule has 1 unspecified atom stereocenters. The van der Waals surface area contributed by atoms with Crippen molar-refractivity contribution in [1.82, 2.24) is 0 Å². The molecular weight excluding hydrogens is 318 g/mol. The molecule has 0 amide bonds. The minimum absolute atomic E-state index is 0.00454. The van der Waals surface area contributed by atoms with Gasteiger partial charge in [0.2, 0.25) is 0 Å². The zero-order valence-corrected chi connectivity index (χ0v) is 12.6. The summed E-state index contributed by atoms with van der Waals surface area (Å²) in [7, 11) is 0. The van der Waals surface area contributed by atoms with E-state index in [9.17, 15) is 0 Å². The van der Waals surface area contributed by atoms with Gasteiger partial charge in [0, 0.05) is 25.3 Å². The third-order valence-corrected chi connectivity index (χ3v) is 5.28. The number of rotatable bonds is 3. The molecule has 2 N–H and O–H groups in total. The molecule has 0 saturated carbocycles. The van der Waals surface area contributed by atoms with Crippen LogP contribution in [0.2, 0.25) is 5.02 Å². The van der Waals surface area contributed by atoms with Crippen LogP contribution in [0.1, 0.15) is 21.4 Å². The fourth-order valence-electron chi connectivity index (χ4n) is 1.67. The number of aryl methyl sites for hydroxylation is 1. The van der Waals surface area contributed by atoms with E-state index in [1.54, 1.807) is 11.3 Å². The third-order valence-electron chi connectivity index (χ3n) is 2.64. The highest BCUT2D eigenvalue weighted by atomic mass is 79.9. The first-order valence-corrected chi connectivity index (χ1v) is 7.31. The molecule has 17 heavy (non-hydrogen) atoms. The Balaban J connectivity index is 2.17. The van der Waals surface area contributed by atoms with Gasteiger partial charge in [-0.05, 0) is 47.0 Å². The number of hydrogen-bond donors (Lipinski definition) is 1. The molecule has 0 bridgehead atoms. The average Bonchev–Trinajstić information content (AvgIpc) is 2.63. The molecule has 2 aromatic rings. The van der Waals surface area contributed by atoms with Gasteiger partial charge in [-0.3, -0.25) is 0 Å². The summed E-state index contributed by atoms with van der Waals surface area (Å²) in [5.74, 6) is 0. The molecule has 1 aromatic carbocycles. The van der Waals surface area contributed by atoms with Gasteiger partial charge in [0.25, 0.3) is 0 Å². The summed E-state index contributed by atoms with van der Waals surface area (Å²) in [6.07, 6.45) is 0.770. The first-order chi connectivity index (χ1) is 8.08. The first kappa shape index (κ1) is 13.1. The lowest BCUT2D eigenvalue weighted by Crippen LogP contribution is -2.11. The lowest BCUT2D eigenvalue weighted by Gasteiger charge is -2.10. The van der Waals surface area contributed by atoms with Gasteiger partial charge in [-0.2, -0.15) is 0 Å². The van der Waals surface area contributed by atoms with E-state index in [1.807, 2.05) is 24.3 Å². The SMILES string of the molecule is Cc1sc(C(N)Cc2ccccc2Cl)cc1Br. The highest BCUT2D eigenvalue weighted by molar-refractivity contribution is 9.10. The second-order valence-electron chi connectivity index (χ2n) is 3.95. The minimum Gasteiger partial charge on any atom is -0.323 e. The van der Waals surface area contributed by atoms with Gasteiger partial charge in [0.05, 0.1) is 0 Å². The Kier molecular flexibility index (Phi) is 4.26. The number of halogens is 2. The number of hydrogen-bond acceptors (Lipinski definition) is 2. The third kappa shape index (κ3) is 3.10. The fraction of sp³-hybridized carbons (Fsp3) is 0.231. The number of nitrogens with two attached hydrogens (primary N) is 1. The van der Waals surface area contributed by atoms with Crippen LogP contribution < -0.4 is 5.73 Å². The van der Waals surface area contributed by atoms with Gasteiger partial charge in [0.1, 0.15) is 0 Å². The van der Waals surface area contributed by atoms with Crippen molar-refractivity contribution in [1.29, 1.82) is 0 Å². The summed E-state index contributed by atoms with van der Waals surface area (Å²) < 4.78 is 1.13. The monoisotopic (exact) mass is 329 g/mol. The molecular formula is C13H13BrClNS. The Hall–Kier alpha value is -0.350. The standard InChI is InChI=1S/C13H13BrClNS/c1-8-10(14)7-13(17-8)12(16)6-9-4-2-3-5-11(9)15/h2-5,7,12H,6,16H2,1H3. The van der Waals surface area contributed by atoms with Crippen LogP contribution in [0, 0.1) is 6.92 Å². The highest BCUT2D eigenvalue weighted by Crippen LogP contribution is 2.31. The van der Waals surface area contributed by atoms with E-state index in [0.29, 0.717) is 0 Å². The van der Waals surface area contributed by atoms with Crippen molar-refractivity contribution in [3.05, 3.63) is 55.1 Å². The molecule has 0 aliphatic rings. The lowest BCUT2D eigenvalue weighted by molar-refractivity contribution is 0.736. The van der Waals surface area contributed by atoms with Gasteiger partial charge < -0.3 is 5.73 Å². The van der Waals surface area contributed by atoms with Crippen LogP contribution >= 0.6 is 38.9 Å². The highest BCUT2D eigenvalue weighted by Gasteiger charge is 2.13. The molecule has 2 rings (SSSR count). The Morgan fingerprint density at radius 2 is 2.12 bits per heavy atom. The van der Waals surface area contributed by atoms with E-state index in [1.165, 1.54) is 9.75 Å². The molecule has 0 aliphatic heterocycles. The first-order valence-electron chi connectivity index (χ1n) is 5.32. The molecule has 0 radical (unpaired) electrons. The molecule has 0 fully saturated rings. The van der Waals surface area contributed by atoms with Crippen molar-refractivity contribution < 1.29 is 0 Å². The normalized spacial score (nSPS) is 12.7. The summed E-state index contributed by atoms with van der Waals surface area (Å²) in [5, 5.41) is 0.787. The molecule has 0 saturated heterocycles. The van der Waals surface area contributed by atoms with Crippen molar-refractivity contribution in [3.63, 3.8) is 0 Å². The van der Waals surface area contributed by atoms with Gasteiger partial charge in [-0.15, -0.1) is 11.3 Å². The molecule has 1 nitrogen and oxygen atoms in total. The quantitative estimate of drug-likeness (QED) is 0.866. The van der Waals surface area contributed by atoms with Crippen LogP contribution in [0.25, 0.3) is 0 Å². The summed E-state index contributed by atoms with van der Waals surface area (Å²) >= 11 is 11.4. The van der Waals surface area contributed by atoms with E-state index in [0.717, 1.165) is 21.5 Å². The Morgan fingerprint density at radius 1 is 1.41 bits per heavy atom. The van der Waals surface area contributed by atoms with Crippen molar-refractivity contribution in [2.24, 2.45) is 5.73 Å². The maximum atomic E-state index is 6.21. The van der Waals surface area contributed by atoms with Gasteiger partial charge in [-0.1, -0.05) is 29.8 Å². The molecule has 4 heteroatoms. The molecule has 0 spiro atoms. The second-order valence-corrected chi connectivity index (χ2v) is 6.50. The predicted octanol–water partition coefficient (Wildman–Crippen LogP) is 4.71. The van der Waals surface area contributed by atoms with Crippen LogP contribution in [-0.2, 0) is 6.42 Å². The van der Waals surface area contributed by atoms with E-state index >= 15 is 0 Å². The molecule has 1 heterocycles. The largest absolute Gasteiger partial charge is 0.323 e. The van der Waals surface area contributed by atoms with E-state index in [4.69, 9.17) is 17.3 Å². The van der Waals surface area contributed by atoms with Crippen LogP contribution in [0.4, 0.5) is 0 Å². The van der Waals surface area contributed by atoms with E-state index in [-0.39, 0.29) is 6.04 Å². The topological polar surface area (TPSA) is 26.0 Å². The van der Waals surface area contributed by atoms with Crippen LogP contribution in [-0.4, -0.2) is 0 Å². The van der Waals surface area contributed by atoms with Gasteiger partial charge in [0.15, 0.2) is 0 Å². The van der Waals surface area contributed by atoms with Gasteiger partial charge >= 0.3 is 0 Å². The maximum Gasteiger partial charge on any atom is 0.0438 e. The Labute approximate surface area is 119 Å². The Morgan fingerprint density at radius 3 is 2.71 bits per heavy atom. The zero-order chi connectivity index (χ0) is 12.4. The summed E-state index contributed by atoms with van der Waals surface area (Å²) in [6.45, 7) is 2.08. The maximum absolute atomic E-state index is 6.21. The van der Waals surface area contributed by atoms with Crippen LogP contribution in [0.15, 0.2) is 34.8 Å². The van der Waals surface area contributed by atoms with Crippen LogP contribution in [0.3, 0.4) is 0 Å². The molecule has 0 aliphatic carbocycles. The zero-order valence-electron chi connectivity index (χ0n) is 9.41. The molecule has 1 aromatic heterocycles. The fourth-order valence-corrected chi connectivity index (χ4v) is 3.44. The smallest absolute Gasteiger partial charge is 0.0438 e. The van der Waals surface area contributed by atoms with E-state index < -0.39 is 0 Å². The lowest BCUT2D eigenvalue weighted by atomic mass is 10.1. The van der Waals surface area contributed by atoms with Crippen molar-refractivity contribution >= 4 is 38.9 Å². The number of benzene rings is 1. The van der Waals surface area contributed by atoms with Crippen molar-refractivity contribution in [3.8, 4) is 0 Å². The Bertz CT molecular complexity index is 504. The van der Waals surface area contributed by atoms with E-state index in [2.05, 4.69) is 28.9 Å². The number of thiophene rings is 1. The molecule has 1 atom stereocenters. The van der Waals surface area contributed by atoms with Crippen LogP contribution in [0.5, 0.6) is 0 Å². The predicted molar refractivity (Wildman–Crippen MR) is 78.8 cm³/mol. The summed E-state index contributed by atoms with van der Waals surface area (Å²) in [5.41, 5.74) is 7.31. The minimum atomic E-state index is 0.00454. The summed E-state index contributed by atoms with van der Waals surface area (Å²) in [6, 6.07) is 9.95. The summed E-state index contributed by atoms with van der Waals surface area (Å²) in [4.78, 5) is 2.45. The molecule has 90 valence electrons. The van der Waals surface area contributed by atoms with Crippen molar-refractivity contribution in [2.75, 3.05) is 0 Å². The van der Waals surface area contributed by atoms with Crippen molar-refractivity contribution in [2.45, 2.75) is 19.4 Å². The second kappa shape index (κ2) is 5.53. The van der Waals surface area contributed by atoms with Gasteiger partial charge in [-0.25, -0.2) is 0 Å². The average molecular weight is 331 g/mol.